The first-order valence-corrected chi connectivity index (χ1v) is 7.21. The Kier molecular flexibility index (Phi) is 2.13. The third kappa shape index (κ3) is 1.48. The van der Waals surface area contributed by atoms with Crippen LogP contribution in [-0.4, -0.2) is 22.4 Å². The van der Waals surface area contributed by atoms with Gasteiger partial charge in [0.25, 0.3) is 0 Å². The number of ether oxygens (including phenoxy) is 1. The van der Waals surface area contributed by atoms with Gasteiger partial charge in [-0.25, -0.2) is 0 Å². The van der Waals surface area contributed by atoms with Gasteiger partial charge in [0.05, 0.1) is 0 Å². The number of hydrogen-bond donors (Lipinski definition) is 2. The first kappa shape index (κ1) is 11.7. The lowest BCUT2D eigenvalue weighted by molar-refractivity contribution is 0.000831. The van der Waals surface area contributed by atoms with Crippen LogP contribution in [-0.2, 0) is 4.74 Å². The Hall–Kier alpha value is -1.94. The fourth-order valence-electron chi connectivity index (χ4n) is 3.62. The largest absolute Gasteiger partial charge is 0.387 e. The lowest BCUT2D eigenvalue weighted by atomic mass is 9.83. The van der Waals surface area contributed by atoms with Crippen LogP contribution in [0.15, 0.2) is 48.5 Å². The Balaban J connectivity index is 1.88. The minimum absolute atomic E-state index is 0.0609. The molecule has 1 aliphatic carbocycles. The van der Waals surface area contributed by atoms with Crippen LogP contribution < -0.4 is 0 Å². The van der Waals surface area contributed by atoms with E-state index in [9.17, 15) is 10.2 Å². The van der Waals surface area contributed by atoms with E-state index in [4.69, 9.17) is 4.74 Å². The summed E-state index contributed by atoms with van der Waals surface area (Å²) in [6.45, 7) is 0. The van der Waals surface area contributed by atoms with E-state index in [0.29, 0.717) is 0 Å². The van der Waals surface area contributed by atoms with Crippen molar-refractivity contribution in [2.75, 3.05) is 0 Å². The molecule has 1 heterocycles. The maximum absolute atomic E-state index is 10.5. The molecule has 0 bridgehead atoms. The molecule has 21 heavy (non-hydrogen) atoms. The molecule has 3 heteroatoms. The van der Waals surface area contributed by atoms with Crippen molar-refractivity contribution >= 4 is 21.5 Å². The fourth-order valence-corrected chi connectivity index (χ4v) is 3.62. The molecule has 1 saturated heterocycles. The number of aliphatic hydroxyl groups excluding tert-OH is 2. The number of hydrogen-bond acceptors (Lipinski definition) is 3. The highest BCUT2D eigenvalue weighted by Crippen LogP contribution is 2.52. The summed E-state index contributed by atoms with van der Waals surface area (Å²) in [6.07, 6.45) is -2.02. The first-order valence-electron chi connectivity index (χ1n) is 7.21. The zero-order valence-corrected chi connectivity index (χ0v) is 11.2. The predicted molar refractivity (Wildman–Crippen MR) is 80.0 cm³/mol. The highest BCUT2D eigenvalue weighted by atomic mass is 16.6. The van der Waals surface area contributed by atoms with E-state index in [0.717, 1.165) is 27.3 Å². The maximum atomic E-state index is 10.5. The lowest BCUT2D eigenvalue weighted by Gasteiger charge is -2.25. The molecule has 5 rings (SSSR count). The van der Waals surface area contributed by atoms with Gasteiger partial charge in [-0.3, -0.25) is 0 Å². The minimum atomic E-state index is -0.881. The van der Waals surface area contributed by atoms with Crippen molar-refractivity contribution in [1.29, 1.82) is 0 Å². The lowest BCUT2D eigenvalue weighted by Crippen LogP contribution is -2.29. The van der Waals surface area contributed by atoms with Gasteiger partial charge in [-0.15, -0.1) is 0 Å². The van der Waals surface area contributed by atoms with Crippen molar-refractivity contribution in [3.8, 4) is 0 Å². The second-order valence-electron chi connectivity index (χ2n) is 5.95. The molecule has 0 radical (unpaired) electrons. The van der Waals surface area contributed by atoms with E-state index in [-0.39, 0.29) is 12.2 Å². The summed E-state index contributed by atoms with van der Waals surface area (Å²) in [5.41, 5.74) is 1.84. The van der Waals surface area contributed by atoms with Crippen molar-refractivity contribution in [3.63, 3.8) is 0 Å². The molecule has 0 spiro atoms. The minimum Gasteiger partial charge on any atom is -0.387 e. The van der Waals surface area contributed by atoms with Gasteiger partial charge in [-0.1, -0.05) is 36.4 Å². The highest BCUT2D eigenvalue weighted by Gasteiger charge is 2.54. The standard InChI is InChI=1S/C18H14O3/c19-15-14-12(17-18(21-17)16(15)20)6-5-11-7-9-3-1-2-4-10(9)8-13(11)14/h1-8,15-20H/t15-,16-,17-,18-/m1/s1. The zero-order chi connectivity index (χ0) is 14.1. The Morgan fingerprint density at radius 3 is 2.43 bits per heavy atom. The number of epoxide rings is 1. The molecule has 0 saturated carbocycles. The highest BCUT2D eigenvalue weighted by molar-refractivity contribution is 6.00. The van der Waals surface area contributed by atoms with Crippen molar-refractivity contribution in [3.05, 3.63) is 59.7 Å². The molecule has 0 aromatic heterocycles. The van der Waals surface area contributed by atoms with Gasteiger partial charge in [-0.05, 0) is 44.8 Å². The zero-order valence-electron chi connectivity index (χ0n) is 11.2. The third-order valence-electron chi connectivity index (χ3n) is 4.75. The summed E-state index contributed by atoms with van der Waals surface area (Å²) in [5, 5.41) is 25.0. The van der Waals surface area contributed by atoms with Crippen molar-refractivity contribution in [2.45, 2.75) is 24.4 Å². The smallest absolute Gasteiger partial charge is 0.118 e. The second-order valence-corrected chi connectivity index (χ2v) is 5.95. The molecule has 0 amide bonds. The van der Waals surface area contributed by atoms with E-state index in [2.05, 4.69) is 30.3 Å². The van der Waals surface area contributed by atoms with E-state index in [1.165, 1.54) is 5.39 Å². The predicted octanol–water partition coefficient (Wildman–Crippen LogP) is 2.84. The number of fused-ring (bicyclic) bond motifs is 6. The molecular formula is C18H14O3. The molecular weight excluding hydrogens is 264 g/mol. The van der Waals surface area contributed by atoms with E-state index in [1.54, 1.807) is 0 Å². The molecule has 4 atom stereocenters. The molecule has 104 valence electrons. The van der Waals surface area contributed by atoms with Crippen LogP contribution in [0.25, 0.3) is 21.5 Å². The molecule has 3 aromatic carbocycles. The average molecular weight is 278 g/mol. The van der Waals surface area contributed by atoms with Gasteiger partial charge in [0.15, 0.2) is 0 Å². The van der Waals surface area contributed by atoms with Crippen LogP contribution in [0.3, 0.4) is 0 Å². The fraction of sp³-hybridized carbons (Fsp3) is 0.222. The van der Waals surface area contributed by atoms with Gasteiger partial charge in [-0.2, -0.15) is 0 Å². The monoisotopic (exact) mass is 278 g/mol. The Labute approximate surface area is 121 Å². The van der Waals surface area contributed by atoms with Crippen molar-refractivity contribution in [2.24, 2.45) is 0 Å². The molecule has 0 unspecified atom stereocenters. The Morgan fingerprint density at radius 1 is 0.857 bits per heavy atom. The summed E-state index contributed by atoms with van der Waals surface area (Å²) in [5.74, 6) is 0. The van der Waals surface area contributed by atoms with Crippen LogP contribution in [0.2, 0.25) is 0 Å². The van der Waals surface area contributed by atoms with E-state index >= 15 is 0 Å². The van der Waals surface area contributed by atoms with Crippen LogP contribution in [0.4, 0.5) is 0 Å². The quantitative estimate of drug-likeness (QED) is 0.491. The van der Waals surface area contributed by atoms with Crippen molar-refractivity contribution < 1.29 is 14.9 Å². The topological polar surface area (TPSA) is 53.0 Å². The van der Waals surface area contributed by atoms with Crippen LogP contribution in [0.5, 0.6) is 0 Å². The summed E-state index contributed by atoms with van der Waals surface area (Å²) in [6, 6.07) is 16.5. The number of benzene rings is 3. The maximum Gasteiger partial charge on any atom is 0.118 e. The number of rotatable bonds is 0. The molecule has 2 N–H and O–H groups in total. The van der Waals surface area contributed by atoms with Crippen LogP contribution in [0, 0.1) is 0 Å². The summed E-state index contributed by atoms with van der Waals surface area (Å²) < 4.78 is 5.51. The van der Waals surface area contributed by atoms with Gasteiger partial charge < -0.3 is 14.9 Å². The average Bonchev–Trinajstić information content (AvgIpc) is 3.30. The van der Waals surface area contributed by atoms with Crippen LogP contribution >= 0.6 is 0 Å². The van der Waals surface area contributed by atoms with Crippen LogP contribution in [0.1, 0.15) is 23.3 Å². The van der Waals surface area contributed by atoms with Crippen molar-refractivity contribution in [1.82, 2.24) is 0 Å². The molecule has 3 nitrogen and oxygen atoms in total. The molecule has 2 aliphatic rings. The molecule has 1 aliphatic heterocycles. The third-order valence-corrected chi connectivity index (χ3v) is 4.75. The summed E-state index contributed by atoms with van der Waals surface area (Å²) in [4.78, 5) is 0. The Bertz CT molecular complexity index is 886. The van der Waals surface area contributed by atoms with Gasteiger partial charge in [0, 0.05) is 0 Å². The molecule has 1 fully saturated rings. The van der Waals surface area contributed by atoms with Gasteiger partial charge in [0.2, 0.25) is 0 Å². The van der Waals surface area contributed by atoms with E-state index in [1.807, 2.05) is 18.2 Å². The number of aliphatic hydroxyl groups is 2. The second kappa shape index (κ2) is 3.83. The van der Waals surface area contributed by atoms with E-state index < -0.39 is 12.2 Å². The first-order chi connectivity index (χ1) is 10.2. The summed E-state index contributed by atoms with van der Waals surface area (Å²) >= 11 is 0. The van der Waals surface area contributed by atoms with Gasteiger partial charge in [0.1, 0.15) is 24.4 Å². The molecule has 3 aromatic rings. The normalized spacial score (nSPS) is 30.2. The summed E-state index contributed by atoms with van der Waals surface area (Å²) in [7, 11) is 0. The Morgan fingerprint density at radius 2 is 1.62 bits per heavy atom. The SMILES string of the molecule is O[C@H]1[C@H]2O[C@@H]2c2ccc3cc4ccccc4cc3c2[C@H]1O. The van der Waals surface area contributed by atoms with Gasteiger partial charge >= 0.3 is 0 Å².